The quantitative estimate of drug-likeness (QED) is 0.0263. The maximum atomic E-state index is 12.7. The van der Waals surface area contributed by atoms with Crippen LogP contribution in [0.2, 0.25) is 0 Å². The standard InChI is InChI=1S/C57H88O6/c1-4-7-10-13-16-19-22-25-27-28-30-32-35-38-41-44-47-50-56(59)62-53-54(52-61-55(58)49-46-43-40-37-34-31-24-21-18-15-12-9-6-3)63-57(60)51-48-45-42-39-36-33-29-26-23-20-17-14-11-8-5-2/h7-8,10-12,15-17,19-21,24-27,29-30,32,36,39,45,48,54H,4-6,9,13-14,18,22-23,28,31,33-35,37-38,40-44,46-47,49-53H2,1-3H3/b10-7-,11-8-,15-12-,19-16-,20-17-,24-21-,27-25-,29-26-,32-30-,39-36-,48-45-. The van der Waals surface area contributed by atoms with Crippen LogP contribution in [0.1, 0.15) is 188 Å². The molecule has 0 aliphatic rings. The zero-order valence-electron chi connectivity index (χ0n) is 40.0. The Hall–Kier alpha value is -4.45. The molecule has 0 aliphatic carbocycles. The molecule has 0 aromatic carbocycles. The van der Waals surface area contributed by atoms with Crippen molar-refractivity contribution in [3.8, 4) is 0 Å². The first-order chi connectivity index (χ1) is 31.0. The molecular weight excluding hydrogens is 781 g/mol. The highest BCUT2D eigenvalue weighted by atomic mass is 16.6. The van der Waals surface area contributed by atoms with Gasteiger partial charge >= 0.3 is 17.9 Å². The predicted octanol–water partition coefficient (Wildman–Crippen LogP) is 16.3. The van der Waals surface area contributed by atoms with Gasteiger partial charge in [0, 0.05) is 12.8 Å². The fourth-order valence-corrected chi connectivity index (χ4v) is 6.01. The normalized spacial score (nSPS) is 13.3. The van der Waals surface area contributed by atoms with E-state index in [1.165, 1.54) is 6.42 Å². The van der Waals surface area contributed by atoms with Crippen LogP contribution in [0.25, 0.3) is 0 Å². The average Bonchev–Trinajstić information content (AvgIpc) is 3.28. The second-order valence-electron chi connectivity index (χ2n) is 15.6. The maximum absolute atomic E-state index is 12.7. The number of carbonyl (C=O) groups is 3. The van der Waals surface area contributed by atoms with Crippen molar-refractivity contribution in [3.63, 3.8) is 0 Å². The van der Waals surface area contributed by atoms with Gasteiger partial charge in [-0.3, -0.25) is 14.4 Å². The molecule has 0 N–H and O–H groups in total. The number of hydrogen-bond donors (Lipinski definition) is 0. The van der Waals surface area contributed by atoms with Gasteiger partial charge in [-0.1, -0.05) is 193 Å². The van der Waals surface area contributed by atoms with Gasteiger partial charge in [0.25, 0.3) is 0 Å². The lowest BCUT2D eigenvalue weighted by molar-refractivity contribution is -0.166. The molecule has 0 bridgehead atoms. The van der Waals surface area contributed by atoms with E-state index in [0.717, 1.165) is 135 Å². The lowest BCUT2D eigenvalue weighted by Gasteiger charge is -2.18. The molecule has 0 aromatic heterocycles. The second kappa shape index (κ2) is 50.2. The van der Waals surface area contributed by atoms with E-state index >= 15 is 0 Å². The highest BCUT2D eigenvalue weighted by Gasteiger charge is 2.19. The van der Waals surface area contributed by atoms with Gasteiger partial charge in [0.05, 0.1) is 6.42 Å². The van der Waals surface area contributed by atoms with Crippen molar-refractivity contribution in [2.75, 3.05) is 13.2 Å². The molecule has 0 saturated heterocycles. The van der Waals surface area contributed by atoms with Crippen molar-refractivity contribution in [1.82, 2.24) is 0 Å². The monoisotopic (exact) mass is 869 g/mol. The van der Waals surface area contributed by atoms with Gasteiger partial charge in [0.1, 0.15) is 13.2 Å². The molecule has 6 nitrogen and oxygen atoms in total. The Balaban J connectivity index is 4.60. The molecule has 0 fully saturated rings. The summed E-state index contributed by atoms with van der Waals surface area (Å²) in [4.78, 5) is 37.9. The van der Waals surface area contributed by atoms with Gasteiger partial charge in [-0.15, -0.1) is 0 Å². The van der Waals surface area contributed by atoms with E-state index in [9.17, 15) is 14.4 Å². The number of ether oxygens (including phenoxy) is 3. The van der Waals surface area contributed by atoms with Crippen molar-refractivity contribution in [2.24, 2.45) is 0 Å². The molecule has 1 atom stereocenters. The molecule has 1 unspecified atom stereocenters. The Morgan fingerprint density at radius 1 is 0.349 bits per heavy atom. The fraction of sp³-hybridized carbons (Fsp3) is 0.561. The lowest BCUT2D eigenvalue weighted by atomic mass is 10.1. The van der Waals surface area contributed by atoms with Crippen LogP contribution in [-0.4, -0.2) is 37.2 Å². The topological polar surface area (TPSA) is 78.9 Å². The van der Waals surface area contributed by atoms with E-state index in [-0.39, 0.29) is 31.6 Å². The van der Waals surface area contributed by atoms with Gasteiger partial charge in [-0.2, -0.15) is 0 Å². The van der Waals surface area contributed by atoms with Crippen molar-refractivity contribution in [2.45, 2.75) is 194 Å². The maximum Gasteiger partial charge on any atom is 0.310 e. The summed E-state index contributed by atoms with van der Waals surface area (Å²) in [5.41, 5.74) is 0. The molecule has 6 heteroatoms. The zero-order valence-corrected chi connectivity index (χ0v) is 40.0. The smallest absolute Gasteiger partial charge is 0.310 e. The Kier molecular flexibility index (Phi) is 46.7. The van der Waals surface area contributed by atoms with Gasteiger partial charge in [-0.05, 0) is 109 Å². The zero-order chi connectivity index (χ0) is 45.8. The predicted molar refractivity (Wildman–Crippen MR) is 269 cm³/mol. The number of esters is 3. The Morgan fingerprint density at radius 2 is 0.667 bits per heavy atom. The minimum absolute atomic E-state index is 0.0820. The third-order valence-corrected chi connectivity index (χ3v) is 9.63. The number of unbranched alkanes of at least 4 members (excludes halogenated alkanes) is 10. The summed E-state index contributed by atoms with van der Waals surface area (Å²) in [6.07, 6.45) is 70.3. The van der Waals surface area contributed by atoms with Gasteiger partial charge in [0.2, 0.25) is 0 Å². The van der Waals surface area contributed by atoms with Crippen LogP contribution in [0.3, 0.4) is 0 Å². The Labute approximate surface area is 385 Å². The summed E-state index contributed by atoms with van der Waals surface area (Å²) >= 11 is 0. The SMILES string of the molecule is CC/C=C\C/C=C\C/C=C\C/C=C\C/C=C\CC(=O)OC(COC(=O)CCCCCC/C=C\C/C=C\C/C=C\C/C=C\CC)COC(=O)CCCCCCC/C=C\C/C=C\CCC. The largest absolute Gasteiger partial charge is 0.462 e. The Morgan fingerprint density at radius 3 is 1.05 bits per heavy atom. The van der Waals surface area contributed by atoms with Crippen molar-refractivity contribution < 1.29 is 28.6 Å². The van der Waals surface area contributed by atoms with E-state index in [1.54, 1.807) is 6.08 Å². The molecule has 0 saturated carbocycles. The summed E-state index contributed by atoms with van der Waals surface area (Å²) in [5, 5.41) is 0. The number of allylic oxidation sites excluding steroid dienone is 21. The van der Waals surface area contributed by atoms with E-state index in [2.05, 4.69) is 142 Å². The molecule has 0 rings (SSSR count). The third-order valence-electron chi connectivity index (χ3n) is 9.63. The highest BCUT2D eigenvalue weighted by Crippen LogP contribution is 2.11. The van der Waals surface area contributed by atoms with E-state index in [4.69, 9.17) is 14.2 Å². The van der Waals surface area contributed by atoms with Crippen LogP contribution < -0.4 is 0 Å². The van der Waals surface area contributed by atoms with E-state index in [1.807, 2.05) is 6.08 Å². The summed E-state index contributed by atoms with van der Waals surface area (Å²) < 4.78 is 16.6. The van der Waals surface area contributed by atoms with E-state index < -0.39 is 12.1 Å². The fourth-order valence-electron chi connectivity index (χ4n) is 6.01. The average molecular weight is 869 g/mol. The van der Waals surface area contributed by atoms with Crippen molar-refractivity contribution in [1.29, 1.82) is 0 Å². The highest BCUT2D eigenvalue weighted by molar-refractivity contribution is 5.72. The van der Waals surface area contributed by atoms with Gasteiger partial charge in [-0.25, -0.2) is 0 Å². The molecule has 0 aliphatic heterocycles. The van der Waals surface area contributed by atoms with Crippen molar-refractivity contribution in [3.05, 3.63) is 134 Å². The van der Waals surface area contributed by atoms with Crippen LogP contribution in [0.5, 0.6) is 0 Å². The molecule has 352 valence electrons. The molecular formula is C57H88O6. The first kappa shape index (κ1) is 58.6. The second-order valence-corrected chi connectivity index (χ2v) is 15.6. The molecule has 0 heterocycles. The van der Waals surface area contributed by atoms with Gasteiger partial charge < -0.3 is 14.2 Å². The van der Waals surface area contributed by atoms with Crippen LogP contribution in [0.4, 0.5) is 0 Å². The van der Waals surface area contributed by atoms with Crippen LogP contribution in [-0.2, 0) is 28.6 Å². The molecule has 0 radical (unpaired) electrons. The van der Waals surface area contributed by atoms with Crippen LogP contribution in [0.15, 0.2) is 134 Å². The number of rotatable bonds is 42. The van der Waals surface area contributed by atoms with Gasteiger partial charge in [0.15, 0.2) is 6.10 Å². The minimum Gasteiger partial charge on any atom is -0.462 e. The molecule has 0 aromatic rings. The van der Waals surface area contributed by atoms with E-state index in [0.29, 0.717) is 19.3 Å². The summed E-state index contributed by atoms with van der Waals surface area (Å²) in [7, 11) is 0. The summed E-state index contributed by atoms with van der Waals surface area (Å²) in [6.45, 7) is 6.20. The number of hydrogen-bond acceptors (Lipinski definition) is 6. The Bertz CT molecular complexity index is 1420. The summed E-state index contributed by atoms with van der Waals surface area (Å²) in [6, 6.07) is 0. The molecule has 0 amide bonds. The lowest BCUT2D eigenvalue weighted by Crippen LogP contribution is -2.30. The first-order valence-electron chi connectivity index (χ1n) is 24.7. The van der Waals surface area contributed by atoms with Crippen LogP contribution >= 0.6 is 0 Å². The minimum atomic E-state index is -0.852. The first-order valence-corrected chi connectivity index (χ1v) is 24.7. The molecule has 63 heavy (non-hydrogen) atoms. The summed E-state index contributed by atoms with van der Waals surface area (Å²) in [5.74, 6) is -1.12. The third kappa shape index (κ3) is 48.4. The number of carbonyl (C=O) groups excluding carboxylic acids is 3. The van der Waals surface area contributed by atoms with Crippen molar-refractivity contribution >= 4 is 17.9 Å². The molecule has 0 spiro atoms. The van der Waals surface area contributed by atoms with Crippen LogP contribution in [0, 0.1) is 0 Å².